The van der Waals surface area contributed by atoms with Crippen molar-refractivity contribution >= 4 is 10.0 Å². The van der Waals surface area contributed by atoms with Gasteiger partial charge in [0.05, 0.1) is 12.8 Å². The second kappa shape index (κ2) is 6.91. The standard InChI is InChI=1S/C16H19N5O5S/c1-11-15(12(2)26-19-11)27(22,23)21-7-5-20(6-8-21)10-14-17-18-16(25-14)13-4-3-9-24-13/h3-4,9H,5-8,10H2,1-2H3. The highest BCUT2D eigenvalue weighted by Gasteiger charge is 2.33. The van der Waals surface area contributed by atoms with Crippen LogP contribution in [0, 0.1) is 13.8 Å². The van der Waals surface area contributed by atoms with Gasteiger partial charge in [0.25, 0.3) is 5.89 Å². The van der Waals surface area contributed by atoms with E-state index in [2.05, 4.69) is 20.3 Å². The molecule has 0 spiro atoms. The molecule has 0 aromatic carbocycles. The Hall–Kier alpha value is -2.50. The van der Waals surface area contributed by atoms with Gasteiger partial charge in [0, 0.05) is 26.2 Å². The quantitative estimate of drug-likeness (QED) is 0.634. The van der Waals surface area contributed by atoms with Crippen LogP contribution in [0.5, 0.6) is 0 Å². The first-order valence-corrected chi connectivity index (χ1v) is 9.91. The summed E-state index contributed by atoms with van der Waals surface area (Å²) in [6.07, 6.45) is 1.54. The summed E-state index contributed by atoms with van der Waals surface area (Å²) < 4.78 is 43.0. The largest absolute Gasteiger partial charge is 0.459 e. The highest BCUT2D eigenvalue weighted by Crippen LogP contribution is 2.24. The lowest BCUT2D eigenvalue weighted by atomic mass is 10.3. The number of piperazine rings is 1. The molecule has 1 saturated heterocycles. The normalized spacial score (nSPS) is 16.8. The number of hydrogen-bond donors (Lipinski definition) is 0. The van der Waals surface area contributed by atoms with Gasteiger partial charge in [-0.1, -0.05) is 5.16 Å². The SMILES string of the molecule is Cc1noc(C)c1S(=O)(=O)N1CCN(Cc2nnc(-c3ccco3)o2)CC1. The predicted molar refractivity (Wildman–Crippen MR) is 92.0 cm³/mol. The number of aromatic nitrogens is 3. The zero-order valence-electron chi connectivity index (χ0n) is 15.0. The maximum Gasteiger partial charge on any atom is 0.283 e. The van der Waals surface area contributed by atoms with Crippen molar-refractivity contribution in [2.75, 3.05) is 26.2 Å². The number of hydrogen-bond acceptors (Lipinski definition) is 9. The van der Waals surface area contributed by atoms with Crippen LogP contribution in [0.15, 0.2) is 36.6 Å². The van der Waals surface area contributed by atoms with E-state index in [1.54, 1.807) is 26.0 Å². The Morgan fingerprint density at radius 1 is 1.15 bits per heavy atom. The van der Waals surface area contributed by atoms with Crippen LogP contribution >= 0.6 is 0 Å². The van der Waals surface area contributed by atoms with E-state index in [9.17, 15) is 8.42 Å². The van der Waals surface area contributed by atoms with Crippen molar-refractivity contribution < 1.29 is 21.8 Å². The molecule has 1 fully saturated rings. The van der Waals surface area contributed by atoms with Crippen molar-refractivity contribution in [2.24, 2.45) is 0 Å². The number of sulfonamides is 1. The molecule has 11 heteroatoms. The van der Waals surface area contributed by atoms with Gasteiger partial charge >= 0.3 is 0 Å². The number of nitrogens with zero attached hydrogens (tertiary/aromatic N) is 5. The molecule has 27 heavy (non-hydrogen) atoms. The van der Waals surface area contributed by atoms with Crippen molar-refractivity contribution in [3.05, 3.63) is 35.7 Å². The molecule has 0 unspecified atom stereocenters. The van der Waals surface area contributed by atoms with Crippen LogP contribution in [0.4, 0.5) is 0 Å². The minimum atomic E-state index is -3.62. The Kier molecular flexibility index (Phi) is 4.58. The second-order valence-corrected chi connectivity index (χ2v) is 8.19. The molecule has 0 amide bonds. The van der Waals surface area contributed by atoms with Gasteiger partial charge in [-0.15, -0.1) is 10.2 Å². The monoisotopic (exact) mass is 393 g/mol. The Bertz CT molecular complexity index is 996. The van der Waals surface area contributed by atoms with E-state index in [4.69, 9.17) is 13.4 Å². The zero-order valence-corrected chi connectivity index (χ0v) is 15.8. The average molecular weight is 393 g/mol. The van der Waals surface area contributed by atoms with Crippen LogP contribution in [-0.4, -0.2) is 59.2 Å². The van der Waals surface area contributed by atoms with Crippen LogP contribution in [0.2, 0.25) is 0 Å². The molecule has 144 valence electrons. The molecular formula is C16H19N5O5S. The fourth-order valence-electron chi connectivity index (χ4n) is 3.11. The molecular weight excluding hydrogens is 374 g/mol. The van der Waals surface area contributed by atoms with Gasteiger partial charge < -0.3 is 13.4 Å². The Morgan fingerprint density at radius 2 is 1.93 bits per heavy atom. The highest BCUT2D eigenvalue weighted by atomic mass is 32.2. The molecule has 0 radical (unpaired) electrons. The van der Waals surface area contributed by atoms with Crippen LogP contribution < -0.4 is 0 Å². The molecule has 3 aromatic heterocycles. The Labute approximate surface area is 155 Å². The van der Waals surface area contributed by atoms with Crippen molar-refractivity contribution in [1.29, 1.82) is 0 Å². The van der Waals surface area contributed by atoms with Crippen LogP contribution in [0.1, 0.15) is 17.3 Å². The molecule has 3 aromatic rings. The predicted octanol–water partition coefficient (Wildman–Crippen LogP) is 1.44. The lowest BCUT2D eigenvalue weighted by molar-refractivity contribution is 0.168. The molecule has 0 aliphatic carbocycles. The van der Waals surface area contributed by atoms with E-state index in [1.165, 1.54) is 10.6 Å². The van der Waals surface area contributed by atoms with Gasteiger partial charge in [-0.05, 0) is 26.0 Å². The third-order valence-electron chi connectivity index (χ3n) is 4.45. The van der Waals surface area contributed by atoms with E-state index in [1.807, 2.05) is 0 Å². The fraction of sp³-hybridized carbons (Fsp3) is 0.438. The molecule has 10 nitrogen and oxygen atoms in total. The summed E-state index contributed by atoms with van der Waals surface area (Å²) in [7, 11) is -3.62. The third-order valence-corrected chi connectivity index (χ3v) is 6.60. The lowest BCUT2D eigenvalue weighted by Crippen LogP contribution is -2.48. The average Bonchev–Trinajstić information content (AvgIpc) is 3.37. The van der Waals surface area contributed by atoms with Gasteiger partial charge in [-0.2, -0.15) is 4.31 Å². The van der Waals surface area contributed by atoms with E-state index in [-0.39, 0.29) is 4.90 Å². The number of rotatable bonds is 5. The first kappa shape index (κ1) is 17.9. The van der Waals surface area contributed by atoms with E-state index < -0.39 is 10.0 Å². The molecule has 4 heterocycles. The first-order valence-electron chi connectivity index (χ1n) is 8.47. The van der Waals surface area contributed by atoms with Gasteiger partial charge in [0.2, 0.25) is 15.9 Å². The first-order chi connectivity index (χ1) is 12.9. The lowest BCUT2D eigenvalue weighted by Gasteiger charge is -2.33. The van der Waals surface area contributed by atoms with Gasteiger partial charge in [0.1, 0.15) is 10.6 Å². The highest BCUT2D eigenvalue weighted by molar-refractivity contribution is 7.89. The van der Waals surface area contributed by atoms with E-state index in [0.29, 0.717) is 61.7 Å². The number of furan rings is 1. The van der Waals surface area contributed by atoms with Crippen molar-refractivity contribution in [3.63, 3.8) is 0 Å². The van der Waals surface area contributed by atoms with Crippen molar-refractivity contribution in [2.45, 2.75) is 25.3 Å². The van der Waals surface area contributed by atoms with Gasteiger partial charge in [-0.3, -0.25) is 4.90 Å². The summed E-state index contributed by atoms with van der Waals surface area (Å²) in [4.78, 5) is 2.23. The van der Waals surface area contributed by atoms with Gasteiger partial charge in [0.15, 0.2) is 11.5 Å². The van der Waals surface area contributed by atoms with Crippen molar-refractivity contribution in [3.8, 4) is 11.7 Å². The van der Waals surface area contributed by atoms with E-state index in [0.717, 1.165) is 0 Å². The maximum atomic E-state index is 12.8. The molecule has 4 rings (SSSR count). The minimum absolute atomic E-state index is 0.163. The second-order valence-electron chi connectivity index (χ2n) is 6.31. The van der Waals surface area contributed by atoms with E-state index >= 15 is 0 Å². The number of aryl methyl sites for hydroxylation is 2. The van der Waals surface area contributed by atoms with Crippen LogP contribution in [-0.2, 0) is 16.6 Å². The Morgan fingerprint density at radius 3 is 2.56 bits per heavy atom. The summed E-state index contributed by atoms with van der Waals surface area (Å²) in [6, 6.07) is 3.49. The third kappa shape index (κ3) is 3.40. The van der Waals surface area contributed by atoms with Crippen LogP contribution in [0.25, 0.3) is 11.7 Å². The topological polar surface area (TPSA) is 119 Å². The molecule has 0 saturated carbocycles. The van der Waals surface area contributed by atoms with Crippen LogP contribution in [0.3, 0.4) is 0 Å². The molecule has 0 bridgehead atoms. The van der Waals surface area contributed by atoms with Crippen molar-refractivity contribution in [1.82, 2.24) is 24.6 Å². The summed E-state index contributed by atoms with van der Waals surface area (Å²) in [5.74, 6) is 1.62. The minimum Gasteiger partial charge on any atom is -0.459 e. The maximum absolute atomic E-state index is 12.8. The van der Waals surface area contributed by atoms with Gasteiger partial charge in [-0.25, -0.2) is 8.42 Å². The molecule has 0 N–H and O–H groups in total. The summed E-state index contributed by atoms with van der Waals surface area (Å²) in [5.41, 5.74) is 0.381. The molecule has 0 atom stereocenters. The molecule has 1 aliphatic rings. The fourth-order valence-corrected chi connectivity index (χ4v) is 4.82. The summed E-state index contributed by atoms with van der Waals surface area (Å²) in [5, 5.41) is 11.7. The summed E-state index contributed by atoms with van der Waals surface area (Å²) in [6.45, 7) is 5.54. The molecule has 1 aliphatic heterocycles. The smallest absolute Gasteiger partial charge is 0.283 e. The Balaban J connectivity index is 1.39. The zero-order chi connectivity index (χ0) is 19.0. The summed E-state index contributed by atoms with van der Waals surface area (Å²) >= 11 is 0.